The smallest absolute Gasteiger partial charge is 0.187 e. The van der Waals surface area contributed by atoms with Crippen LogP contribution in [0.1, 0.15) is 43.1 Å². The molecule has 1 aromatic rings. The number of hydrogen-bond acceptors (Lipinski definition) is 4. The maximum atomic E-state index is 4.52. The molecule has 0 amide bonds. The second-order valence-corrected chi connectivity index (χ2v) is 5.67. The van der Waals surface area contributed by atoms with Crippen molar-refractivity contribution >= 4 is 11.8 Å². The summed E-state index contributed by atoms with van der Waals surface area (Å²) >= 11 is 1.77. The highest BCUT2D eigenvalue weighted by molar-refractivity contribution is 7.99. The summed E-state index contributed by atoms with van der Waals surface area (Å²) in [5.74, 6) is 1.11. The van der Waals surface area contributed by atoms with Crippen LogP contribution in [0.5, 0.6) is 0 Å². The summed E-state index contributed by atoms with van der Waals surface area (Å²) < 4.78 is 0. The van der Waals surface area contributed by atoms with Crippen LogP contribution in [-0.2, 0) is 0 Å². The van der Waals surface area contributed by atoms with Crippen LogP contribution in [0.3, 0.4) is 0 Å². The van der Waals surface area contributed by atoms with Gasteiger partial charge in [-0.3, -0.25) is 0 Å². The van der Waals surface area contributed by atoms with Crippen LogP contribution in [0.2, 0.25) is 0 Å². The highest BCUT2D eigenvalue weighted by Crippen LogP contribution is 2.18. The maximum absolute atomic E-state index is 4.52. The van der Waals surface area contributed by atoms with Gasteiger partial charge in [0.05, 0.1) is 0 Å². The van der Waals surface area contributed by atoms with E-state index in [-0.39, 0.29) is 0 Å². The van der Waals surface area contributed by atoms with Crippen molar-refractivity contribution in [1.82, 2.24) is 15.3 Å². The van der Waals surface area contributed by atoms with E-state index in [0.717, 1.165) is 35.4 Å². The molecule has 1 heterocycles. The predicted octanol–water partition coefficient (Wildman–Crippen LogP) is 3.27. The number of hydrogen-bond donors (Lipinski definition) is 1. The summed E-state index contributed by atoms with van der Waals surface area (Å²) in [6.07, 6.45) is 3.66. The molecule has 0 aliphatic rings. The zero-order valence-corrected chi connectivity index (χ0v) is 12.9. The van der Waals surface area contributed by atoms with E-state index in [1.807, 2.05) is 0 Å². The summed E-state index contributed by atoms with van der Waals surface area (Å²) in [7, 11) is 0. The zero-order valence-electron chi connectivity index (χ0n) is 12.0. The number of nitrogens with one attached hydrogen (secondary N) is 1. The molecule has 0 aliphatic carbocycles. The second kappa shape index (κ2) is 8.48. The Morgan fingerprint density at radius 1 is 1.00 bits per heavy atom. The lowest BCUT2D eigenvalue weighted by molar-refractivity contribution is 0.635. The Bertz CT molecular complexity index is 343. The summed E-state index contributed by atoms with van der Waals surface area (Å²) in [4.78, 5) is 9.03. The highest BCUT2D eigenvalue weighted by atomic mass is 32.2. The number of thioether (sulfide) groups is 1. The van der Waals surface area contributed by atoms with Crippen molar-refractivity contribution in [3.05, 3.63) is 17.0 Å². The molecule has 0 atom stereocenters. The first-order valence-corrected chi connectivity index (χ1v) is 7.79. The molecule has 0 aromatic carbocycles. The molecule has 1 aromatic heterocycles. The second-order valence-electron chi connectivity index (χ2n) is 4.61. The molecule has 18 heavy (non-hydrogen) atoms. The van der Waals surface area contributed by atoms with Crippen molar-refractivity contribution in [3.8, 4) is 0 Å². The van der Waals surface area contributed by atoms with E-state index in [4.69, 9.17) is 0 Å². The van der Waals surface area contributed by atoms with Crippen molar-refractivity contribution in [2.45, 2.75) is 52.1 Å². The van der Waals surface area contributed by atoms with Gasteiger partial charge in [0.1, 0.15) is 0 Å². The van der Waals surface area contributed by atoms with Gasteiger partial charge in [-0.25, -0.2) is 9.97 Å². The molecule has 0 radical (unpaired) electrons. The molecule has 0 aliphatic heterocycles. The van der Waals surface area contributed by atoms with E-state index in [1.54, 1.807) is 11.8 Å². The quantitative estimate of drug-likeness (QED) is 0.446. The van der Waals surface area contributed by atoms with Gasteiger partial charge >= 0.3 is 0 Å². The van der Waals surface area contributed by atoms with Gasteiger partial charge in [-0.1, -0.05) is 18.7 Å². The van der Waals surface area contributed by atoms with E-state index in [1.165, 1.54) is 24.8 Å². The summed E-state index contributed by atoms with van der Waals surface area (Å²) in [6.45, 7) is 10.7. The zero-order chi connectivity index (χ0) is 13.4. The van der Waals surface area contributed by atoms with E-state index in [2.05, 4.69) is 43.0 Å². The number of aryl methyl sites for hydroxylation is 2. The van der Waals surface area contributed by atoms with Crippen LogP contribution < -0.4 is 5.32 Å². The lowest BCUT2D eigenvalue weighted by Gasteiger charge is -2.06. The molecule has 0 bridgehead atoms. The standard InChI is InChI=1S/C14H25N3S/c1-5-8-15-9-6-7-10-18-14-16-12(3)11(2)13(4)17-14/h15H,5-10H2,1-4H3. The third-order valence-electron chi connectivity index (χ3n) is 3.02. The Morgan fingerprint density at radius 2 is 1.67 bits per heavy atom. The van der Waals surface area contributed by atoms with Gasteiger partial charge in [-0.15, -0.1) is 0 Å². The first kappa shape index (κ1) is 15.4. The minimum atomic E-state index is 0.928. The molecule has 102 valence electrons. The van der Waals surface area contributed by atoms with Crippen LogP contribution in [0.25, 0.3) is 0 Å². The van der Waals surface area contributed by atoms with E-state index >= 15 is 0 Å². The van der Waals surface area contributed by atoms with Gasteiger partial charge in [0.2, 0.25) is 0 Å². The summed E-state index contributed by atoms with van der Waals surface area (Å²) in [5, 5.41) is 4.35. The summed E-state index contributed by atoms with van der Waals surface area (Å²) in [5.41, 5.74) is 3.42. The van der Waals surface area contributed by atoms with Crippen molar-refractivity contribution in [2.24, 2.45) is 0 Å². The number of rotatable bonds is 8. The van der Waals surface area contributed by atoms with Gasteiger partial charge in [0, 0.05) is 17.1 Å². The van der Waals surface area contributed by atoms with Gasteiger partial charge in [-0.05, 0) is 58.7 Å². The molecule has 0 fully saturated rings. The Kier molecular flexibility index (Phi) is 7.28. The van der Waals surface area contributed by atoms with E-state index in [0.29, 0.717) is 0 Å². The topological polar surface area (TPSA) is 37.8 Å². The van der Waals surface area contributed by atoms with Crippen molar-refractivity contribution in [3.63, 3.8) is 0 Å². The first-order chi connectivity index (χ1) is 8.65. The highest BCUT2D eigenvalue weighted by Gasteiger charge is 2.04. The fraction of sp³-hybridized carbons (Fsp3) is 0.714. The maximum Gasteiger partial charge on any atom is 0.187 e. The molecule has 1 rings (SSSR count). The van der Waals surface area contributed by atoms with Gasteiger partial charge in [0.15, 0.2) is 5.16 Å². The monoisotopic (exact) mass is 267 g/mol. The third kappa shape index (κ3) is 5.36. The molecule has 0 saturated heterocycles. The van der Waals surface area contributed by atoms with Gasteiger partial charge < -0.3 is 5.32 Å². The van der Waals surface area contributed by atoms with Crippen molar-refractivity contribution in [1.29, 1.82) is 0 Å². The average Bonchev–Trinajstić information content (AvgIpc) is 2.34. The SMILES string of the molecule is CCCNCCCCSc1nc(C)c(C)c(C)n1. The summed E-state index contributed by atoms with van der Waals surface area (Å²) in [6, 6.07) is 0. The molecule has 0 unspecified atom stereocenters. The fourth-order valence-corrected chi connectivity index (χ4v) is 2.56. The molecule has 0 saturated carbocycles. The Morgan fingerprint density at radius 3 is 2.28 bits per heavy atom. The lowest BCUT2D eigenvalue weighted by atomic mass is 10.2. The molecule has 4 heteroatoms. The van der Waals surface area contributed by atoms with Crippen LogP contribution in [0.4, 0.5) is 0 Å². The predicted molar refractivity (Wildman–Crippen MR) is 79.4 cm³/mol. The third-order valence-corrected chi connectivity index (χ3v) is 3.95. The number of nitrogens with zero attached hydrogens (tertiary/aromatic N) is 2. The van der Waals surface area contributed by atoms with Gasteiger partial charge in [0.25, 0.3) is 0 Å². The molecule has 3 nitrogen and oxygen atoms in total. The Balaban J connectivity index is 2.23. The average molecular weight is 267 g/mol. The molecular formula is C14H25N3S. The normalized spacial score (nSPS) is 10.9. The van der Waals surface area contributed by atoms with Crippen molar-refractivity contribution < 1.29 is 0 Å². The Labute approximate surface area is 115 Å². The van der Waals surface area contributed by atoms with Crippen LogP contribution >= 0.6 is 11.8 Å². The minimum absolute atomic E-state index is 0.928. The Hall–Kier alpha value is -0.610. The van der Waals surface area contributed by atoms with Crippen LogP contribution in [0.15, 0.2) is 5.16 Å². The molecular weight excluding hydrogens is 242 g/mol. The van der Waals surface area contributed by atoms with E-state index in [9.17, 15) is 0 Å². The van der Waals surface area contributed by atoms with Crippen molar-refractivity contribution in [2.75, 3.05) is 18.8 Å². The van der Waals surface area contributed by atoms with Crippen LogP contribution in [-0.4, -0.2) is 28.8 Å². The minimum Gasteiger partial charge on any atom is -0.317 e. The number of unbranched alkanes of at least 4 members (excludes halogenated alkanes) is 1. The molecule has 0 spiro atoms. The first-order valence-electron chi connectivity index (χ1n) is 6.80. The number of aromatic nitrogens is 2. The van der Waals surface area contributed by atoms with E-state index < -0.39 is 0 Å². The molecule has 1 N–H and O–H groups in total. The van der Waals surface area contributed by atoms with Gasteiger partial charge in [-0.2, -0.15) is 0 Å². The van der Waals surface area contributed by atoms with Crippen LogP contribution in [0, 0.1) is 20.8 Å². The lowest BCUT2D eigenvalue weighted by Crippen LogP contribution is -2.15. The largest absolute Gasteiger partial charge is 0.317 e. The fourth-order valence-electron chi connectivity index (χ4n) is 1.62.